The zero-order chi connectivity index (χ0) is 21.1. The number of unbranched alkanes of at least 4 members (excludes halogenated alkanes) is 9. The van der Waals surface area contributed by atoms with Gasteiger partial charge < -0.3 is 20.4 Å². The number of halogens is 1. The maximum Gasteiger partial charge on any atom is 0.317 e. The largest absolute Gasteiger partial charge is 0.507 e. The second kappa shape index (κ2) is 13.0. The van der Waals surface area contributed by atoms with Crippen molar-refractivity contribution in [1.29, 1.82) is 0 Å². The Morgan fingerprint density at radius 1 is 1.03 bits per heavy atom. The molecule has 0 aliphatic carbocycles. The minimum Gasteiger partial charge on any atom is -0.507 e. The molecule has 29 heavy (non-hydrogen) atoms. The number of amides is 2. The molecular weight excluding hydrogens is 432 g/mol. The predicted molar refractivity (Wildman–Crippen MR) is 121 cm³/mol. The number of hydrogen-bond donors (Lipinski definition) is 3. The highest BCUT2D eigenvalue weighted by Crippen LogP contribution is 2.40. The molecule has 5 nitrogen and oxygen atoms in total. The number of carbonyl (C=O) groups excluding carboxylic acids is 1. The van der Waals surface area contributed by atoms with Crippen molar-refractivity contribution < 1.29 is 15.0 Å². The number of urea groups is 1. The van der Waals surface area contributed by atoms with Crippen molar-refractivity contribution in [2.75, 3.05) is 13.1 Å². The molecule has 1 aromatic carbocycles. The lowest BCUT2D eigenvalue weighted by molar-refractivity contribution is 0.192. The van der Waals surface area contributed by atoms with Crippen LogP contribution in [0.2, 0.25) is 0 Å². The van der Waals surface area contributed by atoms with E-state index in [1.165, 1.54) is 57.4 Å². The SMILES string of the molecule is CCCCCCCCCCCCNC(=O)N1CCCC1c1cc(Br)c(O)cc1O. The van der Waals surface area contributed by atoms with Crippen LogP contribution in [0.15, 0.2) is 16.6 Å². The average Bonchev–Trinajstić information content (AvgIpc) is 3.18. The number of phenolic OH excluding ortho intramolecular Hbond substituents is 2. The van der Waals surface area contributed by atoms with Gasteiger partial charge in [-0.25, -0.2) is 4.79 Å². The van der Waals surface area contributed by atoms with Crippen LogP contribution in [0.3, 0.4) is 0 Å². The van der Waals surface area contributed by atoms with Gasteiger partial charge in [-0.15, -0.1) is 0 Å². The molecule has 1 aliphatic heterocycles. The van der Waals surface area contributed by atoms with Gasteiger partial charge in [-0.2, -0.15) is 0 Å². The van der Waals surface area contributed by atoms with Gasteiger partial charge in [0.1, 0.15) is 11.5 Å². The van der Waals surface area contributed by atoms with Gasteiger partial charge >= 0.3 is 6.03 Å². The maximum atomic E-state index is 12.6. The third-order valence-corrected chi connectivity index (χ3v) is 6.41. The Morgan fingerprint density at radius 3 is 2.31 bits per heavy atom. The molecule has 0 spiro atoms. The third kappa shape index (κ3) is 7.72. The Balaban J connectivity index is 1.65. The first-order valence-corrected chi connectivity index (χ1v) is 12.1. The fraction of sp³-hybridized carbons (Fsp3) is 0.696. The number of benzene rings is 1. The summed E-state index contributed by atoms with van der Waals surface area (Å²) < 4.78 is 0.530. The molecule has 1 aromatic rings. The molecule has 164 valence electrons. The van der Waals surface area contributed by atoms with Crippen molar-refractivity contribution in [2.45, 2.75) is 90.0 Å². The van der Waals surface area contributed by atoms with Gasteiger partial charge in [-0.3, -0.25) is 0 Å². The molecule has 3 N–H and O–H groups in total. The van der Waals surface area contributed by atoms with Gasteiger partial charge in [0.05, 0.1) is 10.5 Å². The number of rotatable bonds is 12. The Morgan fingerprint density at radius 2 is 1.66 bits per heavy atom. The summed E-state index contributed by atoms with van der Waals surface area (Å²) >= 11 is 3.30. The number of nitrogens with zero attached hydrogens (tertiary/aromatic N) is 1. The summed E-state index contributed by atoms with van der Waals surface area (Å²) in [4.78, 5) is 14.4. The summed E-state index contributed by atoms with van der Waals surface area (Å²) in [6, 6.07) is 2.83. The highest BCUT2D eigenvalue weighted by molar-refractivity contribution is 9.10. The van der Waals surface area contributed by atoms with E-state index in [0.29, 0.717) is 23.1 Å². The van der Waals surface area contributed by atoms with Crippen molar-refractivity contribution >= 4 is 22.0 Å². The summed E-state index contributed by atoms with van der Waals surface area (Å²) in [6.07, 6.45) is 14.5. The van der Waals surface area contributed by atoms with Crippen molar-refractivity contribution in [2.24, 2.45) is 0 Å². The Labute approximate surface area is 184 Å². The fourth-order valence-electron chi connectivity index (χ4n) is 4.08. The lowest BCUT2D eigenvalue weighted by Crippen LogP contribution is -2.39. The van der Waals surface area contributed by atoms with E-state index in [1.54, 1.807) is 11.0 Å². The first kappa shape index (κ1) is 23.8. The van der Waals surface area contributed by atoms with Gasteiger partial charge in [-0.05, 0) is 41.3 Å². The Hall–Kier alpha value is -1.43. The molecule has 6 heteroatoms. The molecule has 0 aromatic heterocycles. The number of nitrogens with one attached hydrogen (secondary N) is 1. The van der Waals surface area contributed by atoms with E-state index in [1.807, 2.05) is 0 Å². The number of carbonyl (C=O) groups is 1. The van der Waals surface area contributed by atoms with Gasteiger partial charge in [-0.1, -0.05) is 64.7 Å². The number of phenols is 2. The average molecular weight is 469 g/mol. The lowest BCUT2D eigenvalue weighted by atomic mass is 10.0. The summed E-state index contributed by atoms with van der Waals surface area (Å²) in [5, 5.41) is 23.0. The van der Waals surface area contributed by atoms with Gasteiger partial charge in [0.25, 0.3) is 0 Å². The van der Waals surface area contributed by atoms with E-state index < -0.39 is 0 Å². The molecule has 1 heterocycles. The van der Waals surface area contributed by atoms with Crippen LogP contribution >= 0.6 is 15.9 Å². The van der Waals surface area contributed by atoms with E-state index in [2.05, 4.69) is 28.2 Å². The summed E-state index contributed by atoms with van der Waals surface area (Å²) in [5.74, 6) is 0.0336. The van der Waals surface area contributed by atoms with E-state index in [-0.39, 0.29) is 23.6 Å². The summed E-state index contributed by atoms with van der Waals surface area (Å²) in [5.41, 5.74) is 0.682. The molecule has 1 saturated heterocycles. The van der Waals surface area contributed by atoms with Crippen molar-refractivity contribution in [3.05, 3.63) is 22.2 Å². The predicted octanol–water partition coefficient (Wildman–Crippen LogP) is 6.63. The highest BCUT2D eigenvalue weighted by Gasteiger charge is 2.32. The minimum atomic E-state index is -0.153. The van der Waals surface area contributed by atoms with Crippen molar-refractivity contribution in [3.63, 3.8) is 0 Å². The number of likely N-dealkylation sites (tertiary alicyclic amines) is 1. The first-order chi connectivity index (χ1) is 14.0. The monoisotopic (exact) mass is 468 g/mol. The zero-order valence-electron chi connectivity index (χ0n) is 17.8. The van der Waals surface area contributed by atoms with Gasteiger partial charge in [0, 0.05) is 24.7 Å². The van der Waals surface area contributed by atoms with Gasteiger partial charge in [0.15, 0.2) is 0 Å². The number of aromatic hydroxyl groups is 2. The Kier molecular flexibility index (Phi) is 10.7. The fourth-order valence-corrected chi connectivity index (χ4v) is 4.44. The van der Waals surface area contributed by atoms with Crippen LogP contribution < -0.4 is 5.32 Å². The normalized spacial score (nSPS) is 16.3. The van der Waals surface area contributed by atoms with Crippen LogP contribution in [0.4, 0.5) is 4.79 Å². The summed E-state index contributed by atoms with van der Waals surface area (Å²) in [7, 11) is 0. The standard InChI is InChI=1S/C23H37BrN2O3/c1-2-3-4-5-6-7-8-9-10-11-14-25-23(29)26-15-12-13-20(26)18-16-19(24)22(28)17-21(18)27/h16-17,20,27-28H,2-15H2,1H3,(H,25,29). The van der Waals surface area contributed by atoms with Crippen LogP contribution in [-0.2, 0) is 0 Å². The molecule has 1 unspecified atom stereocenters. The van der Waals surface area contributed by atoms with E-state index in [9.17, 15) is 15.0 Å². The second-order valence-electron chi connectivity index (χ2n) is 8.13. The van der Waals surface area contributed by atoms with Crippen LogP contribution in [0.5, 0.6) is 11.5 Å². The smallest absolute Gasteiger partial charge is 0.317 e. The molecule has 1 aliphatic rings. The van der Waals surface area contributed by atoms with Gasteiger partial charge in [0.2, 0.25) is 0 Å². The topological polar surface area (TPSA) is 72.8 Å². The molecule has 1 atom stereocenters. The van der Waals surface area contributed by atoms with E-state index in [4.69, 9.17) is 0 Å². The number of hydrogen-bond acceptors (Lipinski definition) is 3. The molecule has 0 saturated carbocycles. The van der Waals surface area contributed by atoms with Crippen LogP contribution in [0.25, 0.3) is 0 Å². The molecule has 2 rings (SSSR count). The van der Waals surface area contributed by atoms with Crippen molar-refractivity contribution in [1.82, 2.24) is 10.2 Å². The molecule has 0 radical (unpaired) electrons. The van der Waals surface area contributed by atoms with Crippen LogP contribution in [-0.4, -0.2) is 34.2 Å². The Bertz CT molecular complexity index is 639. The maximum absolute atomic E-state index is 12.6. The van der Waals surface area contributed by atoms with Crippen LogP contribution in [0, 0.1) is 0 Å². The first-order valence-electron chi connectivity index (χ1n) is 11.3. The summed E-state index contributed by atoms with van der Waals surface area (Å²) in [6.45, 7) is 3.63. The second-order valence-corrected chi connectivity index (χ2v) is 8.98. The molecule has 2 amide bonds. The lowest BCUT2D eigenvalue weighted by Gasteiger charge is -2.26. The van der Waals surface area contributed by atoms with E-state index in [0.717, 1.165) is 25.7 Å². The highest BCUT2D eigenvalue weighted by atomic mass is 79.9. The molecule has 0 bridgehead atoms. The third-order valence-electron chi connectivity index (χ3n) is 5.78. The quantitative estimate of drug-likeness (QED) is 0.301. The molecule has 1 fully saturated rings. The zero-order valence-corrected chi connectivity index (χ0v) is 19.3. The molecular formula is C23H37BrN2O3. The minimum absolute atomic E-state index is 0.00112. The van der Waals surface area contributed by atoms with Crippen molar-refractivity contribution in [3.8, 4) is 11.5 Å². The van der Waals surface area contributed by atoms with Crippen LogP contribution in [0.1, 0.15) is 95.6 Å². The van der Waals surface area contributed by atoms with E-state index >= 15 is 0 Å².